The van der Waals surface area contributed by atoms with E-state index in [1.165, 1.54) is 115 Å². The summed E-state index contributed by atoms with van der Waals surface area (Å²) in [6.45, 7) is 0. The standard InChI is InChI=1S/C48H49N3/c1-3-7-36(8-4-1)37-11-13-39(14-12-37)49(40-15-17-41(18-16-40)50-43-23-32-21-33(25-43)26-44(50)24-32)42-19-20-47(38-9-5-2-6-10-38)48(31-42)51-45-27-34-22-35(29-45)30-46(51)28-34/h1-20,31-35,43-46H,21-30H2. The van der Waals surface area contributed by atoms with Crippen LogP contribution in [0.4, 0.5) is 28.4 Å². The van der Waals surface area contributed by atoms with Gasteiger partial charge in [-0.15, -0.1) is 0 Å². The highest BCUT2D eigenvalue weighted by atomic mass is 15.2. The fourth-order valence-electron chi connectivity index (χ4n) is 12.3. The van der Waals surface area contributed by atoms with Crippen molar-refractivity contribution in [3.8, 4) is 22.3 Å². The van der Waals surface area contributed by atoms with Gasteiger partial charge in [-0.3, -0.25) is 0 Å². The Kier molecular flexibility index (Phi) is 7.12. The lowest BCUT2D eigenvalue weighted by Crippen LogP contribution is -2.58. The van der Waals surface area contributed by atoms with E-state index in [1.54, 1.807) is 0 Å². The highest BCUT2D eigenvalue weighted by Gasteiger charge is 2.48. The van der Waals surface area contributed by atoms with E-state index >= 15 is 0 Å². The van der Waals surface area contributed by atoms with Crippen LogP contribution in [0.25, 0.3) is 22.3 Å². The van der Waals surface area contributed by atoms with Crippen LogP contribution in [0.1, 0.15) is 64.2 Å². The summed E-state index contributed by atoms with van der Waals surface area (Å²) >= 11 is 0. The molecule has 8 fully saturated rings. The van der Waals surface area contributed by atoms with Crippen LogP contribution >= 0.6 is 0 Å². The molecular formula is C48H49N3. The monoisotopic (exact) mass is 667 g/mol. The van der Waals surface area contributed by atoms with E-state index < -0.39 is 0 Å². The van der Waals surface area contributed by atoms with Crippen LogP contribution < -0.4 is 14.7 Å². The van der Waals surface area contributed by atoms with Crippen molar-refractivity contribution in [1.82, 2.24) is 0 Å². The van der Waals surface area contributed by atoms with Crippen LogP contribution in [0.5, 0.6) is 0 Å². The summed E-state index contributed by atoms with van der Waals surface area (Å²) in [5.41, 5.74) is 11.7. The molecule has 4 saturated carbocycles. The Morgan fingerprint density at radius 3 is 1.33 bits per heavy atom. The normalized spacial score (nSPS) is 29.9. The van der Waals surface area contributed by atoms with Crippen molar-refractivity contribution in [2.45, 2.75) is 88.4 Å². The Morgan fingerprint density at radius 1 is 0.373 bits per heavy atom. The molecule has 13 rings (SSSR count). The maximum Gasteiger partial charge on any atom is 0.0482 e. The molecule has 0 radical (unpaired) electrons. The van der Waals surface area contributed by atoms with Crippen LogP contribution in [0.2, 0.25) is 0 Å². The number of nitrogens with zero attached hydrogens (tertiary/aromatic N) is 3. The third kappa shape index (κ3) is 5.21. The van der Waals surface area contributed by atoms with Crippen LogP contribution in [-0.4, -0.2) is 24.2 Å². The van der Waals surface area contributed by atoms with Crippen molar-refractivity contribution in [1.29, 1.82) is 0 Å². The summed E-state index contributed by atoms with van der Waals surface area (Å²) < 4.78 is 0. The van der Waals surface area contributed by atoms with Crippen LogP contribution in [-0.2, 0) is 0 Å². The molecule has 4 saturated heterocycles. The minimum atomic E-state index is 0.659. The molecule has 51 heavy (non-hydrogen) atoms. The second kappa shape index (κ2) is 12.0. The molecule has 8 bridgehead atoms. The van der Waals surface area contributed by atoms with E-state index in [9.17, 15) is 0 Å². The molecule has 3 heteroatoms. The molecule has 0 N–H and O–H groups in total. The van der Waals surface area contributed by atoms with Crippen molar-refractivity contribution in [3.63, 3.8) is 0 Å². The molecule has 0 atom stereocenters. The van der Waals surface area contributed by atoms with Gasteiger partial charge in [-0.05, 0) is 153 Å². The largest absolute Gasteiger partial charge is 0.366 e. The summed E-state index contributed by atoms with van der Waals surface area (Å²) in [5.74, 6) is 3.79. The van der Waals surface area contributed by atoms with E-state index in [-0.39, 0.29) is 0 Å². The Morgan fingerprint density at radius 2 is 0.804 bits per heavy atom. The van der Waals surface area contributed by atoms with Gasteiger partial charge in [0.15, 0.2) is 0 Å². The topological polar surface area (TPSA) is 9.72 Å². The van der Waals surface area contributed by atoms with Crippen molar-refractivity contribution < 1.29 is 0 Å². The average Bonchev–Trinajstić information content (AvgIpc) is 3.16. The molecule has 4 aliphatic heterocycles. The zero-order chi connectivity index (χ0) is 33.5. The van der Waals surface area contributed by atoms with E-state index in [2.05, 4.69) is 142 Å². The fraction of sp³-hybridized carbons (Fsp3) is 0.375. The van der Waals surface area contributed by atoms with Crippen LogP contribution in [0.3, 0.4) is 0 Å². The van der Waals surface area contributed by atoms with Gasteiger partial charge in [-0.25, -0.2) is 0 Å². The summed E-state index contributed by atoms with van der Waals surface area (Å²) in [4.78, 5) is 8.22. The molecule has 4 heterocycles. The van der Waals surface area contributed by atoms with Gasteiger partial charge in [0.1, 0.15) is 0 Å². The van der Waals surface area contributed by atoms with Gasteiger partial charge in [0.2, 0.25) is 0 Å². The Labute approximate surface area is 303 Å². The minimum Gasteiger partial charge on any atom is -0.366 e. The minimum absolute atomic E-state index is 0.659. The number of benzene rings is 5. The van der Waals surface area contributed by atoms with Crippen molar-refractivity contribution in [2.75, 3.05) is 14.7 Å². The highest BCUT2D eigenvalue weighted by Crippen LogP contribution is 2.54. The van der Waals surface area contributed by atoms with Gasteiger partial charge < -0.3 is 14.7 Å². The number of hydrogen-bond acceptors (Lipinski definition) is 3. The van der Waals surface area contributed by atoms with E-state index in [1.807, 2.05) is 0 Å². The maximum atomic E-state index is 2.89. The van der Waals surface area contributed by atoms with Gasteiger partial charge in [-0.2, -0.15) is 0 Å². The first-order valence-electron chi connectivity index (χ1n) is 20.0. The molecular weight excluding hydrogens is 619 g/mol. The van der Waals surface area contributed by atoms with Crippen molar-refractivity contribution in [2.24, 2.45) is 23.7 Å². The molecule has 5 aromatic rings. The van der Waals surface area contributed by atoms with E-state index in [0.717, 1.165) is 35.8 Å². The number of rotatable bonds is 7. The van der Waals surface area contributed by atoms with Crippen LogP contribution in [0, 0.1) is 23.7 Å². The Hall–Kier alpha value is -4.50. The zero-order valence-electron chi connectivity index (χ0n) is 29.7. The fourth-order valence-corrected chi connectivity index (χ4v) is 12.3. The first kappa shape index (κ1) is 30.2. The molecule has 5 aromatic carbocycles. The summed E-state index contributed by atoms with van der Waals surface area (Å²) in [6.07, 6.45) is 14.0. The third-order valence-corrected chi connectivity index (χ3v) is 14.0. The Bertz CT molecular complexity index is 1960. The predicted octanol–water partition coefficient (Wildman–Crippen LogP) is 12.0. The van der Waals surface area contributed by atoms with Gasteiger partial charge >= 0.3 is 0 Å². The molecule has 8 aliphatic rings. The SMILES string of the molecule is c1ccc(-c2ccc(N(c3ccc(N4C5CC6CC(C5)CC4C6)cc3)c3ccc(-c4ccccc4)c(N4C5CC6CC(C5)CC4C6)c3)cc2)cc1. The third-order valence-electron chi connectivity index (χ3n) is 14.0. The second-order valence-electron chi connectivity index (χ2n) is 17.1. The van der Waals surface area contributed by atoms with E-state index in [4.69, 9.17) is 0 Å². The summed E-state index contributed by atoms with van der Waals surface area (Å²) in [5, 5.41) is 0. The molecule has 0 unspecified atom stereocenters. The zero-order valence-corrected chi connectivity index (χ0v) is 29.7. The van der Waals surface area contributed by atoms with Gasteiger partial charge in [0.25, 0.3) is 0 Å². The second-order valence-corrected chi connectivity index (χ2v) is 17.1. The highest BCUT2D eigenvalue weighted by molar-refractivity contribution is 5.87. The number of piperidine rings is 4. The predicted molar refractivity (Wildman–Crippen MR) is 212 cm³/mol. The molecule has 0 spiro atoms. The quantitative estimate of drug-likeness (QED) is 0.171. The van der Waals surface area contributed by atoms with E-state index in [0.29, 0.717) is 12.1 Å². The van der Waals surface area contributed by atoms with Gasteiger partial charge in [-0.1, -0.05) is 78.9 Å². The lowest BCUT2D eigenvalue weighted by Gasteiger charge is -2.58. The van der Waals surface area contributed by atoms with Gasteiger partial charge in [0.05, 0.1) is 0 Å². The lowest BCUT2D eigenvalue weighted by atomic mass is 9.63. The van der Waals surface area contributed by atoms with Crippen LogP contribution in [0.15, 0.2) is 127 Å². The summed E-state index contributed by atoms with van der Waals surface area (Å²) in [7, 11) is 0. The molecule has 3 nitrogen and oxygen atoms in total. The maximum absolute atomic E-state index is 2.89. The van der Waals surface area contributed by atoms with Crippen molar-refractivity contribution in [3.05, 3.63) is 127 Å². The number of hydrogen-bond donors (Lipinski definition) is 0. The lowest BCUT2D eigenvalue weighted by molar-refractivity contribution is 0.0899. The molecule has 0 amide bonds. The average molecular weight is 668 g/mol. The van der Waals surface area contributed by atoms with Gasteiger partial charge in [0, 0.05) is 58.2 Å². The first-order valence-corrected chi connectivity index (χ1v) is 20.0. The number of anilines is 5. The van der Waals surface area contributed by atoms with Crippen molar-refractivity contribution >= 4 is 28.4 Å². The first-order chi connectivity index (χ1) is 25.2. The Balaban J connectivity index is 1.01. The molecule has 256 valence electrons. The summed E-state index contributed by atoms with van der Waals surface area (Å²) in [6, 6.07) is 51.0. The molecule has 4 aliphatic carbocycles. The molecule has 0 aromatic heterocycles. The smallest absolute Gasteiger partial charge is 0.0482 e.